The van der Waals surface area contributed by atoms with Crippen molar-refractivity contribution in [2.75, 3.05) is 12.4 Å². The second-order valence-electron chi connectivity index (χ2n) is 2.43. The molecule has 0 bridgehead atoms. The zero-order valence-electron chi connectivity index (χ0n) is 6.98. The first-order valence-corrected chi connectivity index (χ1v) is 6.11. The predicted octanol–water partition coefficient (Wildman–Crippen LogP) is 1.17. The Morgan fingerprint density at radius 1 is 1.50 bits per heavy atom. The largest absolute Gasteiger partial charge is 0.491 e. The van der Waals surface area contributed by atoms with Crippen LogP contribution in [0.3, 0.4) is 0 Å². The van der Waals surface area contributed by atoms with Crippen LogP contribution in [-0.4, -0.2) is 25.8 Å². The highest BCUT2D eigenvalue weighted by Gasteiger charge is 2.05. The minimum absolute atomic E-state index is 0.128. The monoisotopic (exact) mass is 239 g/mol. The molecule has 0 aliphatic carbocycles. The van der Waals surface area contributed by atoms with Crippen LogP contribution in [-0.2, 0) is 9.05 Å². The number of ether oxygens (including phenoxy) is 1. The molecule has 7 heteroatoms. The van der Waals surface area contributed by atoms with E-state index in [4.69, 9.17) is 15.4 Å². The number of nitrogens with zero attached hydrogens (tertiary/aromatic N) is 1. The van der Waals surface area contributed by atoms with Gasteiger partial charge < -0.3 is 4.74 Å². The summed E-state index contributed by atoms with van der Waals surface area (Å²) in [6, 6.07) is 1.11. The van der Waals surface area contributed by atoms with Gasteiger partial charge in [-0.05, 0) is 0 Å². The second-order valence-corrected chi connectivity index (χ2v) is 5.33. The molecule has 0 saturated heterocycles. The zero-order chi connectivity index (χ0) is 10.6. The summed E-state index contributed by atoms with van der Waals surface area (Å²) in [5.74, 6) is -0.702. The molecule has 0 amide bonds. The summed E-state index contributed by atoms with van der Waals surface area (Å²) in [6.07, 6.45) is 2.30. The lowest BCUT2D eigenvalue weighted by atomic mass is 10.4. The first-order valence-electron chi connectivity index (χ1n) is 3.63. The number of aromatic nitrogens is 1. The number of rotatable bonds is 4. The molecule has 1 aromatic heterocycles. The van der Waals surface area contributed by atoms with Crippen LogP contribution < -0.4 is 4.74 Å². The summed E-state index contributed by atoms with van der Waals surface area (Å²) < 4.78 is 38.4. The molecule has 0 aliphatic rings. The van der Waals surface area contributed by atoms with E-state index in [0.717, 1.165) is 12.3 Å². The van der Waals surface area contributed by atoms with E-state index in [9.17, 15) is 12.8 Å². The molecule has 1 aromatic rings. The van der Waals surface area contributed by atoms with Gasteiger partial charge in [-0.25, -0.2) is 12.8 Å². The van der Waals surface area contributed by atoms with Crippen LogP contribution in [0.2, 0.25) is 0 Å². The van der Waals surface area contributed by atoms with Crippen LogP contribution in [0.4, 0.5) is 4.39 Å². The van der Waals surface area contributed by atoms with E-state index in [1.54, 1.807) is 0 Å². The Morgan fingerprint density at radius 3 is 2.79 bits per heavy atom. The van der Waals surface area contributed by atoms with Crippen molar-refractivity contribution in [3.05, 3.63) is 24.3 Å². The van der Waals surface area contributed by atoms with Crippen molar-refractivity contribution in [3.63, 3.8) is 0 Å². The molecule has 0 atom stereocenters. The van der Waals surface area contributed by atoms with Gasteiger partial charge in [0.05, 0.1) is 18.1 Å². The minimum Gasteiger partial charge on any atom is -0.491 e. The third-order valence-electron chi connectivity index (χ3n) is 1.28. The second kappa shape index (κ2) is 4.56. The fourth-order valence-corrected chi connectivity index (χ4v) is 1.20. The molecule has 4 nitrogen and oxygen atoms in total. The number of hydrogen-bond acceptors (Lipinski definition) is 4. The summed E-state index contributed by atoms with van der Waals surface area (Å²) in [6.45, 7) is -0.128. The minimum atomic E-state index is -3.57. The van der Waals surface area contributed by atoms with Gasteiger partial charge in [-0.2, -0.15) is 0 Å². The van der Waals surface area contributed by atoms with Crippen LogP contribution in [0.15, 0.2) is 18.5 Å². The van der Waals surface area contributed by atoms with Gasteiger partial charge in [0, 0.05) is 16.7 Å². The van der Waals surface area contributed by atoms with Crippen molar-refractivity contribution in [1.82, 2.24) is 4.98 Å². The normalized spacial score (nSPS) is 11.3. The Morgan fingerprint density at radius 2 is 2.21 bits per heavy atom. The maximum absolute atomic E-state index is 12.5. The molecule has 0 aromatic carbocycles. The maximum Gasteiger partial charge on any atom is 0.235 e. The van der Waals surface area contributed by atoms with Gasteiger partial charge >= 0.3 is 0 Å². The van der Waals surface area contributed by atoms with Crippen LogP contribution in [0.5, 0.6) is 5.75 Å². The first kappa shape index (κ1) is 11.2. The SMILES string of the molecule is O=S(=O)(Cl)CCOc1cncc(F)c1. The summed E-state index contributed by atoms with van der Waals surface area (Å²) in [5, 5.41) is 0. The van der Waals surface area contributed by atoms with Crippen LogP contribution in [0.1, 0.15) is 0 Å². The van der Waals surface area contributed by atoms with Crippen molar-refractivity contribution >= 4 is 19.7 Å². The van der Waals surface area contributed by atoms with Gasteiger partial charge in [-0.15, -0.1) is 0 Å². The number of hydrogen-bond donors (Lipinski definition) is 0. The highest BCUT2D eigenvalue weighted by molar-refractivity contribution is 8.13. The highest BCUT2D eigenvalue weighted by atomic mass is 35.7. The average molecular weight is 240 g/mol. The van der Waals surface area contributed by atoms with Gasteiger partial charge in [0.25, 0.3) is 0 Å². The average Bonchev–Trinajstić information content (AvgIpc) is 2.01. The molecule has 78 valence electrons. The summed E-state index contributed by atoms with van der Waals surface area (Å²) >= 11 is 0. The lowest BCUT2D eigenvalue weighted by molar-refractivity contribution is 0.338. The Bertz CT molecular complexity index is 409. The molecule has 0 spiro atoms. The van der Waals surface area contributed by atoms with Gasteiger partial charge in [-0.3, -0.25) is 4.98 Å². The van der Waals surface area contributed by atoms with Gasteiger partial charge in [0.15, 0.2) is 0 Å². The quantitative estimate of drug-likeness (QED) is 0.740. The molecular formula is C7H7ClFNO3S. The molecule has 14 heavy (non-hydrogen) atoms. The van der Waals surface area contributed by atoms with E-state index in [0.29, 0.717) is 0 Å². The summed E-state index contributed by atoms with van der Waals surface area (Å²) in [7, 11) is 1.36. The van der Waals surface area contributed by atoms with Crippen LogP contribution in [0, 0.1) is 5.82 Å². The maximum atomic E-state index is 12.5. The van der Waals surface area contributed by atoms with Crippen LogP contribution >= 0.6 is 10.7 Å². The van der Waals surface area contributed by atoms with E-state index >= 15 is 0 Å². The lowest BCUT2D eigenvalue weighted by Crippen LogP contribution is -2.08. The molecule has 0 N–H and O–H groups in total. The van der Waals surface area contributed by atoms with E-state index in [-0.39, 0.29) is 18.1 Å². The molecule has 0 saturated carbocycles. The van der Waals surface area contributed by atoms with Gasteiger partial charge in [0.2, 0.25) is 9.05 Å². The third-order valence-corrected chi connectivity index (χ3v) is 2.39. The van der Waals surface area contributed by atoms with E-state index < -0.39 is 14.9 Å². The van der Waals surface area contributed by atoms with Crippen LogP contribution in [0.25, 0.3) is 0 Å². The lowest BCUT2D eigenvalue weighted by Gasteiger charge is -2.03. The van der Waals surface area contributed by atoms with Gasteiger partial charge in [-0.1, -0.05) is 0 Å². The standard InChI is InChI=1S/C7H7ClFNO3S/c8-14(11,12)2-1-13-7-3-6(9)4-10-5-7/h3-5H,1-2H2. The van der Waals surface area contributed by atoms with E-state index in [2.05, 4.69) is 4.98 Å². The molecule has 0 radical (unpaired) electrons. The zero-order valence-corrected chi connectivity index (χ0v) is 8.55. The Balaban J connectivity index is 2.47. The van der Waals surface area contributed by atoms with Crippen molar-refractivity contribution < 1.29 is 17.5 Å². The number of halogens is 2. The first-order chi connectivity index (χ1) is 6.47. The molecule has 0 unspecified atom stereocenters. The summed E-state index contributed by atoms with van der Waals surface area (Å²) in [5.41, 5.74) is 0. The van der Waals surface area contributed by atoms with Crippen molar-refractivity contribution in [2.45, 2.75) is 0 Å². The van der Waals surface area contributed by atoms with Gasteiger partial charge in [0.1, 0.15) is 18.2 Å². The molecule has 0 aliphatic heterocycles. The Labute approximate surface area is 85.1 Å². The molecule has 1 rings (SSSR count). The topological polar surface area (TPSA) is 56.3 Å². The van der Waals surface area contributed by atoms with Crippen molar-refractivity contribution in [1.29, 1.82) is 0 Å². The van der Waals surface area contributed by atoms with E-state index in [1.165, 1.54) is 6.20 Å². The molecule has 0 fully saturated rings. The smallest absolute Gasteiger partial charge is 0.235 e. The molecular weight excluding hydrogens is 233 g/mol. The highest BCUT2D eigenvalue weighted by Crippen LogP contribution is 2.09. The van der Waals surface area contributed by atoms with Crippen molar-refractivity contribution in [3.8, 4) is 5.75 Å². The third kappa shape index (κ3) is 4.38. The number of pyridine rings is 1. The van der Waals surface area contributed by atoms with E-state index in [1.807, 2.05) is 0 Å². The fraction of sp³-hybridized carbons (Fsp3) is 0.286. The van der Waals surface area contributed by atoms with Crippen molar-refractivity contribution in [2.24, 2.45) is 0 Å². The molecule has 1 heterocycles. The Kier molecular flexibility index (Phi) is 3.65. The fourth-order valence-electron chi connectivity index (χ4n) is 0.730. The predicted molar refractivity (Wildman–Crippen MR) is 49.3 cm³/mol. The summed E-state index contributed by atoms with van der Waals surface area (Å²) in [4.78, 5) is 3.52. The Hall–Kier alpha value is -0.880.